The Kier molecular flexibility index (Phi) is 9.31. The number of benzene rings is 4. The van der Waals surface area contributed by atoms with Gasteiger partial charge in [0.2, 0.25) is 0 Å². The lowest BCUT2D eigenvalue weighted by molar-refractivity contribution is -0.00424. The summed E-state index contributed by atoms with van der Waals surface area (Å²) in [7, 11) is 0. The molecule has 5 nitrogen and oxygen atoms in total. The lowest BCUT2D eigenvalue weighted by atomic mass is 9.93. The van der Waals surface area contributed by atoms with Gasteiger partial charge in [0.15, 0.2) is 0 Å². The molecule has 4 aromatic rings. The predicted octanol–water partition coefficient (Wildman–Crippen LogP) is 6.76. The first-order chi connectivity index (χ1) is 18.7. The van der Waals surface area contributed by atoms with Gasteiger partial charge in [-0.1, -0.05) is 91.0 Å². The van der Waals surface area contributed by atoms with E-state index in [4.69, 9.17) is 9.84 Å². The number of ether oxygens (including phenoxy) is 1. The third-order valence-corrected chi connectivity index (χ3v) is 6.86. The Balaban J connectivity index is 1.29. The summed E-state index contributed by atoms with van der Waals surface area (Å²) in [6.07, 6.45) is 3.95. The molecule has 0 saturated heterocycles. The standard InChI is InChI=1S/C34H37NO4/c1-24(32-11-7-6-9-28(32)17-12-25-13-18-29(19-14-25)33(37)38)39-23-31(36)22-35-34(2,3)21-26-15-16-27-8-4-5-10-30(27)20-26/h4-20,24,31,35-36H,21-23H2,1-3H3,(H,37,38)/t24?,31-/m0/s1. The number of carbonyl (C=O) groups is 1. The number of aliphatic hydroxyl groups is 1. The maximum absolute atomic E-state index is 11.1. The van der Waals surface area contributed by atoms with E-state index in [1.165, 1.54) is 16.3 Å². The van der Waals surface area contributed by atoms with Gasteiger partial charge in [-0.25, -0.2) is 4.79 Å². The van der Waals surface area contributed by atoms with E-state index in [2.05, 4.69) is 61.6 Å². The second kappa shape index (κ2) is 12.9. The fourth-order valence-electron chi connectivity index (χ4n) is 4.68. The topological polar surface area (TPSA) is 78.8 Å². The molecule has 4 aromatic carbocycles. The first-order valence-corrected chi connectivity index (χ1v) is 13.3. The molecule has 0 aromatic heterocycles. The Hall–Kier alpha value is -3.77. The molecule has 0 saturated carbocycles. The fraction of sp³-hybridized carbons (Fsp3) is 0.265. The van der Waals surface area contributed by atoms with Crippen molar-refractivity contribution in [1.29, 1.82) is 0 Å². The van der Waals surface area contributed by atoms with Gasteiger partial charge in [0, 0.05) is 12.1 Å². The van der Waals surface area contributed by atoms with Gasteiger partial charge >= 0.3 is 5.97 Å². The van der Waals surface area contributed by atoms with E-state index in [-0.39, 0.29) is 23.8 Å². The first-order valence-electron chi connectivity index (χ1n) is 13.3. The van der Waals surface area contributed by atoms with E-state index in [0.717, 1.165) is 23.1 Å². The van der Waals surface area contributed by atoms with Crippen molar-refractivity contribution in [2.75, 3.05) is 13.2 Å². The zero-order valence-electron chi connectivity index (χ0n) is 22.8. The number of rotatable bonds is 12. The average Bonchev–Trinajstić information content (AvgIpc) is 2.94. The SMILES string of the molecule is CC(OC[C@@H](O)CNC(C)(C)Cc1ccc2ccccc2c1)c1ccccc1C=Cc1ccc(C(=O)O)cc1. The van der Waals surface area contributed by atoms with Crippen LogP contribution in [0.3, 0.4) is 0 Å². The molecule has 3 N–H and O–H groups in total. The summed E-state index contributed by atoms with van der Waals surface area (Å²) < 4.78 is 6.07. The minimum atomic E-state index is -0.937. The van der Waals surface area contributed by atoms with Crippen LogP contribution >= 0.6 is 0 Å². The Bertz CT molecular complexity index is 1420. The Labute approximate surface area is 230 Å². The van der Waals surface area contributed by atoms with Crippen molar-refractivity contribution < 1.29 is 19.7 Å². The first kappa shape index (κ1) is 28.2. The maximum atomic E-state index is 11.1. The van der Waals surface area contributed by atoms with E-state index in [1.807, 2.05) is 43.3 Å². The molecule has 2 atom stereocenters. The van der Waals surface area contributed by atoms with Crippen molar-refractivity contribution in [2.24, 2.45) is 0 Å². The van der Waals surface area contributed by atoms with Crippen LogP contribution in [0.15, 0.2) is 91.0 Å². The van der Waals surface area contributed by atoms with Gasteiger partial charge in [-0.2, -0.15) is 0 Å². The van der Waals surface area contributed by atoms with Crippen molar-refractivity contribution in [3.05, 3.63) is 119 Å². The lowest BCUT2D eigenvalue weighted by Crippen LogP contribution is -2.46. The number of aliphatic hydroxyl groups excluding tert-OH is 1. The van der Waals surface area contributed by atoms with Gasteiger partial charge in [0.25, 0.3) is 0 Å². The van der Waals surface area contributed by atoms with Crippen molar-refractivity contribution in [3.63, 3.8) is 0 Å². The van der Waals surface area contributed by atoms with E-state index >= 15 is 0 Å². The molecular weight excluding hydrogens is 486 g/mol. The molecule has 39 heavy (non-hydrogen) atoms. The molecule has 0 aliphatic carbocycles. The lowest BCUT2D eigenvalue weighted by Gasteiger charge is -2.28. The molecule has 0 radical (unpaired) electrons. The van der Waals surface area contributed by atoms with Gasteiger partial charge in [0.1, 0.15) is 0 Å². The second-order valence-corrected chi connectivity index (χ2v) is 10.6. The molecule has 0 amide bonds. The van der Waals surface area contributed by atoms with Crippen LogP contribution < -0.4 is 5.32 Å². The Morgan fingerprint density at radius 3 is 2.36 bits per heavy atom. The van der Waals surface area contributed by atoms with Crippen molar-refractivity contribution in [3.8, 4) is 0 Å². The largest absolute Gasteiger partial charge is 0.478 e. The molecule has 0 aliphatic heterocycles. The molecular formula is C34H37NO4. The van der Waals surface area contributed by atoms with Crippen LogP contribution in [-0.4, -0.2) is 41.0 Å². The van der Waals surface area contributed by atoms with Crippen molar-refractivity contribution in [2.45, 2.75) is 44.9 Å². The van der Waals surface area contributed by atoms with Crippen LogP contribution in [-0.2, 0) is 11.2 Å². The number of β-amino-alcohol motifs (C(OH)–C–C–N with tert-alkyl or cyclic N) is 1. The summed E-state index contributed by atoms with van der Waals surface area (Å²) in [6.45, 7) is 6.93. The number of carboxylic acids is 1. The number of aromatic carboxylic acids is 1. The molecule has 4 rings (SSSR count). The zero-order valence-corrected chi connectivity index (χ0v) is 22.8. The number of carboxylic acid groups (broad SMARTS) is 1. The Morgan fingerprint density at radius 2 is 1.62 bits per heavy atom. The number of hydrogen-bond donors (Lipinski definition) is 3. The molecule has 0 aliphatic rings. The smallest absolute Gasteiger partial charge is 0.335 e. The van der Waals surface area contributed by atoms with Crippen LogP contribution in [0.1, 0.15) is 59.5 Å². The average molecular weight is 524 g/mol. The minimum absolute atomic E-state index is 0.185. The highest BCUT2D eigenvalue weighted by Crippen LogP contribution is 2.24. The third-order valence-electron chi connectivity index (χ3n) is 6.86. The van der Waals surface area contributed by atoms with Crippen LogP contribution in [0, 0.1) is 0 Å². The molecule has 0 spiro atoms. The molecule has 0 bridgehead atoms. The van der Waals surface area contributed by atoms with Gasteiger partial charge < -0.3 is 20.3 Å². The van der Waals surface area contributed by atoms with Crippen LogP contribution in [0.4, 0.5) is 0 Å². The normalized spacial score (nSPS) is 13.5. The summed E-state index contributed by atoms with van der Waals surface area (Å²) in [5.74, 6) is -0.937. The predicted molar refractivity (Wildman–Crippen MR) is 159 cm³/mol. The highest BCUT2D eigenvalue weighted by atomic mass is 16.5. The van der Waals surface area contributed by atoms with Gasteiger partial charge in [-0.15, -0.1) is 0 Å². The number of nitrogens with one attached hydrogen (secondary N) is 1. The summed E-state index contributed by atoms with van der Waals surface area (Å²) in [5.41, 5.74) is 4.28. The van der Waals surface area contributed by atoms with E-state index in [1.54, 1.807) is 24.3 Å². The number of hydrogen-bond acceptors (Lipinski definition) is 4. The highest BCUT2D eigenvalue weighted by Gasteiger charge is 2.20. The fourth-order valence-corrected chi connectivity index (χ4v) is 4.68. The van der Waals surface area contributed by atoms with Gasteiger partial charge in [-0.3, -0.25) is 0 Å². The molecule has 5 heteroatoms. The monoisotopic (exact) mass is 523 g/mol. The summed E-state index contributed by atoms with van der Waals surface area (Å²) >= 11 is 0. The van der Waals surface area contributed by atoms with Crippen LogP contribution in [0.25, 0.3) is 22.9 Å². The van der Waals surface area contributed by atoms with Crippen LogP contribution in [0.2, 0.25) is 0 Å². The van der Waals surface area contributed by atoms with Gasteiger partial charge in [0.05, 0.1) is 24.4 Å². The maximum Gasteiger partial charge on any atom is 0.335 e. The van der Waals surface area contributed by atoms with E-state index in [0.29, 0.717) is 6.54 Å². The molecule has 0 fully saturated rings. The number of fused-ring (bicyclic) bond motifs is 1. The van der Waals surface area contributed by atoms with Crippen molar-refractivity contribution in [1.82, 2.24) is 5.32 Å². The molecule has 1 unspecified atom stereocenters. The summed E-state index contributed by atoms with van der Waals surface area (Å²) in [5, 5.41) is 25.7. The quantitative estimate of drug-likeness (QED) is 0.179. The van der Waals surface area contributed by atoms with E-state index < -0.39 is 12.1 Å². The van der Waals surface area contributed by atoms with Gasteiger partial charge in [-0.05, 0) is 72.4 Å². The molecule has 0 heterocycles. The Morgan fingerprint density at radius 1 is 0.923 bits per heavy atom. The zero-order chi connectivity index (χ0) is 27.8. The van der Waals surface area contributed by atoms with Crippen LogP contribution in [0.5, 0.6) is 0 Å². The van der Waals surface area contributed by atoms with E-state index in [9.17, 15) is 9.90 Å². The second-order valence-electron chi connectivity index (χ2n) is 10.6. The minimum Gasteiger partial charge on any atom is -0.478 e. The van der Waals surface area contributed by atoms with Crippen molar-refractivity contribution >= 4 is 28.9 Å². The third kappa shape index (κ3) is 8.11. The molecule has 202 valence electrons. The highest BCUT2D eigenvalue weighted by molar-refractivity contribution is 5.88. The summed E-state index contributed by atoms with van der Waals surface area (Å²) in [6, 6.07) is 29.7. The summed E-state index contributed by atoms with van der Waals surface area (Å²) in [4.78, 5) is 11.1.